The molecule has 0 rings (SSSR count). The van der Waals surface area contributed by atoms with Crippen molar-refractivity contribution in [3.63, 3.8) is 0 Å². The molecule has 0 saturated heterocycles. The van der Waals surface area contributed by atoms with E-state index < -0.39 is 26.1 Å². The summed E-state index contributed by atoms with van der Waals surface area (Å²) in [6.07, 6.45) is 1.63. The molecule has 0 aromatic carbocycles. The second-order valence-electron chi connectivity index (χ2n) is 3.03. The maximum atomic E-state index is 10.7. The molecule has 1 atom stereocenters. The van der Waals surface area contributed by atoms with E-state index in [0.29, 0.717) is 0 Å². The van der Waals surface area contributed by atoms with Gasteiger partial charge in [0.05, 0.1) is 18.1 Å². The topological polar surface area (TPSA) is 77.5 Å². The van der Waals surface area contributed by atoms with Gasteiger partial charge >= 0.3 is 0 Å². The second-order valence-corrected chi connectivity index (χ2v) is 6.89. The van der Waals surface area contributed by atoms with Gasteiger partial charge in [-0.05, 0) is 13.3 Å². The van der Waals surface area contributed by atoms with Crippen molar-refractivity contribution in [2.75, 3.05) is 18.3 Å². The highest BCUT2D eigenvalue weighted by Gasteiger charge is 2.12. The summed E-state index contributed by atoms with van der Waals surface area (Å²) in [5.74, 6) is -0.0658. The minimum Gasteiger partial charge on any atom is -0.267 e. The van der Waals surface area contributed by atoms with E-state index in [9.17, 15) is 16.8 Å². The molecule has 0 heterocycles. The van der Waals surface area contributed by atoms with Crippen molar-refractivity contribution in [1.82, 2.24) is 0 Å². The predicted molar refractivity (Wildman–Crippen MR) is 49.7 cm³/mol. The van der Waals surface area contributed by atoms with Crippen molar-refractivity contribution in [2.45, 2.75) is 19.4 Å². The first-order valence-electron chi connectivity index (χ1n) is 3.66. The molecule has 0 aromatic rings. The highest BCUT2D eigenvalue weighted by Crippen LogP contribution is 2.03. The Morgan fingerprint density at radius 1 is 1.15 bits per heavy atom. The van der Waals surface area contributed by atoms with Crippen molar-refractivity contribution in [3.05, 3.63) is 0 Å². The maximum absolute atomic E-state index is 10.7. The number of sulfone groups is 1. The molecule has 0 saturated carbocycles. The summed E-state index contributed by atoms with van der Waals surface area (Å²) in [5, 5.41) is 0. The summed E-state index contributed by atoms with van der Waals surface area (Å²) >= 11 is 0. The first-order valence-corrected chi connectivity index (χ1v) is 7.54. The average molecular weight is 230 g/mol. The monoisotopic (exact) mass is 230 g/mol. The lowest BCUT2D eigenvalue weighted by Gasteiger charge is -2.09. The van der Waals surface area contributed by atoms with Gasteiger partial charge in [0, 0.05) is 6.26 Å². The van der Waals surface area contributed by atoms with E-state index in [1.54, 1.807) is 0 Å². The lowest BCUT2D eigenvalue weighted by atomic mass is 10.3. The molecule has 13 heavy (non-hydrogen) atoms. The Kier molecular flexibility index (Phi) is 4.34. The van der Waals surface area contributed by atoms with Crippen LogP contribution in [0.2, 0.25) is 0 Å². The summed E-state index contributed by atoms with van der Waals surface area (Å²) in [5.41, 5.74) is 0. The Balaban J connectivity index is 3.98. The van der Waals surface area contributed by atoms with Crippen molar-refractivity contribution >= 4 is 20.0 Å². The van der Waals surface area contributed by atoms with Crippen LogP contribution in [0.3, 0.4) is 0 Å². The molecule has 80 valence electrons. The molecule has 0 amide bonds. The molecule has 0 fully saturated rings. The second kappa shape index (κ2) is 4.39. The predicted octanol–water partition coefficient (Wildman–Crippen LogP) is -0.214. The fourth-order valence-corrected chi connectivity index (χ4v) is 2.18. The minimum atomic E-state index is -3.49. The average Bonchev–Trinajstić information content (AvgIpc) is 1.78. The molecule has 0 spiro atoms. The van der Waals surface area contributed by atoms with Gasteiger partial charge in [-0.3, -0.25) is 4.18 Å². The molecular formula is C6H14O5S2. The van der Waals surface area contributed by atoms with Gasteiger partial charge in [0.1, 0.15) is 9.84 Å². The van der Waals surface area contributed by atoms with Crippen LogP contribution >= 0.6 is 0 Å². The van der Waals surface area contributed by atoms with E-state index in [-0.39, 0.29) is 12.2 Å². The van der Waals surface area contributed by atoms with Crippen LogP contribution in [0.4, 0.5) is 0 Å². The molecule has 0 aliphatic carbocycles. The Hall–Kier alpha value is -0.140. The van der Waals surface area contributed by atoms with Gasteiger partial charge in [-0.15, -0.1) is 0 Å². The number of hydrogen-bond donors (Lipinski definition) is 0. The standard InChI is InChI=1S/C6H14O5S2/c1-6(11-13(3,9)10)4-5-12(2,7)8/h6H,4-5H2,1-3H3. The molecule has 0 N–H and O–H groups in total. The highest BCUT2D eigenvalue weighted by atomic mass is 32.2. The fraction of sp³-hybridized carbons (Fsp3) is 1.00. The summed E-state index contributed by atoms with van der Waals surface area (Å²) in [4.78, 5) is 0. The fourth-order valence-electron chi connectivity index (χ4n) is 0.727. The normalized spacial score (nSPS) is 15.6. The molecule has 0 aromatic heterocycles. The van der Waals surface area contributed by atoms with Crippen LogP contribution in [0, 0.1) is 0 Å². The first kappa shape index (κ1) is 12.9. The van der Waals surface area contributed by atoms with Gasteiger partial charge < -0.3 is 0 Å². The molecule has 1 unspecified atom stereocenters. The van der Waals surface area contributed by atoms with Crippen LogP contribution in [-0.2, 0) is 24.1 Å². The first-order chi connectivity index (χ1) is 5.60. The van der Waals surface area contributed by atoms with Gasteiger partial charge in [0.15, 0.2) is 0 Å². The number of rotatable bonds is 5. The van der Waals surface area contributed by atoms with Crippen molar-refractivity contribution in [3.8, 4) is 0 Å². The highest BCUT2D eigenvalue weighted by molar-refractivity contribution is 7.90. The van der Waals surface area contributed by atoms with Gasteiger partial charge in [-0.1, -0.05) is 0 Å². The van der Waals surface area contributed by atoms with Gasteiger partial charge in [-0.2, -0.15) is 8.42 Å². The molecular weight excluding hydrogens is 216 g/mol. The van der Waals surface area contributed by atoms with Crippen LogP contribution in [0.1, 0.15) is 13.3 Å². The third-order valence-corrected chi connectivity index (χ3v) is 2.89. The zero-order valence-corrected chi connectivity index (χ0v) is 9.48. The summed E-state index contributed by atoms with van der Waals surface area (Å²) in [6.45, 7) is 1.52. The zero-order valence-electron chi connectivity index (χ0n) is 7.85. The Morgan fingerprint density at radius 3 is 1.92 bits per heavy atom. The largest absolute Gasteiger partial charge is 0.267 e. The SMILES string of the molecule is CC(CCS(C)(=O)=O)OS(C)(=O)=O. The summed E-state index contributed by atoms with van der Waals surface area (Å²) in [6, 6.07) is 0. The number of hydrogen-bond acceptors (Lipinski definition) is 5. The third-order valence-electron chi connectivity index (χ3n) is 1.23. The van der Waals surface area contributed by atoms with Crippen LogP contribution in [0.5, 0.6) is 0 Å². The lowest BCUT2D eigenvalue weighted by molar-refractivity contribution is 0.227. The van der Waals surface area contributed by atoms with Gasteiger partial charge in [0.2, 0.25) is 0 Å². The zero-order chi connectivity index (χ0) is 10.7. The molecule has 0 radical (unpaired) electrons. The maximum Gasteiger partial charge on any atom is 0.264 e. The Morgan fingerprint density at radius 2 is 1.62 bits per heavy atom. The van der Waals surface area contributed by atoms with Gasteiger partial charge in [-0.25, -0.2) is 8.42 Å². The van der Waals surface area contributed by atoms with E-state index in [1.165, 1.54) is 6.92 Å². The van der Waals surface area contributed by atoms with E-state index in [4.69, 9.17) is 0 Å². The lowest BCUT2D eigenvalue weighted by Crippen LogP contribution is -2.17. The summed E-state index contributed by atoms with van der Waals surface area (Å²) in [7, 11) is -6.54. The van der Waals surface area contributed by atoms with Gasteiger partial charge in [0.25, 0.3) is 10.1 Å². The van der Waals surface area contributed by atoms with Crippen LogP contribution in [0.25, 0.3) is 0 Å². The van der Waals surface area contributed by atoms with Crippen molar-refractivity contribution in [2.24, 2.45) is 0 Å². The molecule has 0 bridgehead atoms. The van der Waals surface area contributed by atoms with Crippen LogP contribution < -0.4 is 0 Å². The molecule has 7 heteroatoms. The van der Waals surface area contributed by atoms with E-state index in [2.05, 4.69) is 4.18 Å². The molecule has 0 aliphatic rings. The van der Waals surface area contributed by atoms with Crippen molar-refractivity contribution in [1.29, 1.82) is 0 Å². The molecule has 5 nitrogen and oxygen atoms in total. The molecule has 0 aliphatic heterocycles. The van der Waals surface area contributed by atoms with Crippen molar-refractivity contribution < 1.29 is 21.0 Å². The van der Waals surface area contributed by atoms with Crippen LogP contribution in [0.15, 0.2) is 0 Å². The smallest absolute Gasteiger partial charge is 0.264 e. The third kappa shape index (κ3) is 9.78. The minimum absolute atomic E-state index is 0.0658. The van der Waals surface area contributed by atoms with E-state index >= 15 is 0 Å². The van der Waals surface area contributed by atoms with Crippen LogP contribution in [-0.4, -0.2) is 41.2 Å². The van der Waals surface area contributed by atoms with E-state index in [1.807, 2.05) is 0 Å². The summed E-state index contributed by atoms with van der Waals surface area (Å²) < 4.78 is 47.1. The Bertz CT molecular complexity index is 339. The quantitative estimate of drug-likeness (QED) is 0.610. The van der Waals surface area contributed by atoms with E-state index in [0.717, 1.165) is 12.5 Å². The Labute approximate surface area is 79.1 Å².